The first-order valence-corrected chi connectivity index (χ1v) is 5.99. The van der Waals surface area contributed by atoms with Gasteiger partial charge in [0, 0.05) is 6.07 Å². The molecule has 0 aliphatic carbocycles. The summed E-state index contributed by atoms with van der Waals surface area (Å²) in [5, 5.41) is 24.2. The highest BCUT2D eigenvalue weighted by Crippen LogP contribution is 2.30. The minimum Gasteiger partial charge on any atom is -0.385 e. The molecule has 2 aromatic rings. The van der Waals surface area contributed by atoms with E-state index in [9.17, 15) is 19.6 Å². The molecule has 0 aliphatic heterocycles. The second kappa shape index (κ2) is 5.74. The lowest BCUT2D eigenvalue weighted by Crippen LogP contribution is -1.99. The Morgan fingerprint density at radius 1 is 1.55 bits per heavy atom. The van der Waals surface area contributed by atoms with E-state index in [2.05, 4.69) is 10.1 Å². The number of aliphatic hydroxyl groups is 1. The number of aromatic nitrogens is 2. The van der Waals surface area contributed by atoms with Crippen LogP contribution in [0.15, 0.2) is 22.7 Å². The van der Waals surface area contributed by atoms with Gasteiger partial charge in [0.15, 0.2) is 0 Å². The van der Waals surface area contributed by atoms with E-state index in [1.165, 1.54) is 0 Å². The van der Waals surface area contributed by atoms with Crippen LogP contribution >= 0.6 is 0 Å². The van der Waals surface area contributed by atoms with Crippen molar-refractivity contribution in [2.24, 2.45) is 0 Å². The normalized spacial score (nSPS) is 12.3. The monoisotopic (exact) mass is 281 g/mol. The average Bonchev–Trinajstić information content (AvgIpc) is 2.88. The number of hydrogen-bond donors (Lipinski definition) is 1. The Labute approximate surface area is 113 Å². The second-order valence-corrected chi connectivity index (χ2v) is 4.18. The zero-order chi connectivity index (χ0) is 14.7. The van der Waals surface area contributed by atoms with Gasteiger partial charge in [0.05, 0.1) is 4.92 Å². The largest absolute Gasteiger partial charge is 0.385 e. The first kappa shape index (κ1) is 14.1. The molecular formula is C12H12FN3O4. The Kier molecular flexibility index (Phi) is 4.04. The zero-order valence-electron chi connectivity index (χ0n) is 10.6. The highest BCUT2D eigenvalue weighted by atomic mass is 19.1. The van der Waals surface area contributed by atoms with Crippen LogP contribution in [0, 0.1) is 15.9 Å². The molecule has 1 unspecified atom stereocenters. The summed E-state index contributed by atoms with van der Waals surface area (Å²) in [6.45, 7) is 1.88. The van der Waals surface area contributed by atoms with E-state index in [1.54, 1.807) is 0 Å². The number of aliphatic hydroxyl groups excluding tert-OH is 1. The van der Waals surface area contributed by atoms with E-state index in [-0.39, 0.29) is 23.0 Å². The van der Waals surface area contributed by atoms with Gasteiger partial charge < -0.3 is 9.63 Å². The average molecular weight is 281 g/mol. The van der Waals surface area contributed by atoms with Crippen molar-refractivity contribution in [2.45, 2.75) is 25.9 Å². The molecule has 0 spiro atoms. The van der Waals surface area contributed by atoms with Crippen molar-refractivity contribution < 1.29 is 18.9 Å². The van der Waals surface area contributed by atoms with Gasteiger partial charge in [-0.15, -0.1) is 0 Å². The van der Waals surface area contributed by atoms with Crippen LogP contribution in [0.4, 0.5) is 10.1 Å². The molecule has 0 saturated carbocycles. The lowest BCUT2D eigenvalue weighted by Gasteiger charge is -2.01. The zero-order valence-corrected chi connectivity index (χ0v) is 10.6. The summed E-state index contributed by atoms with van der Waals surface area (Å²) in [6.07, 6.45) is 0.236. The van der Waals surface area contributed by atoms with Gasteiger partial charge in [-0.25, -0.2) is 4.39 Å². The summed E-state index contributed by atoms with van der Waals surface area (Å²) in [6, 6.07) is 2.95. The highest BCUT2D eigenvalue weighted by molar-refractivity contribution is 5.66. The second-order valence-electron chi connectivity index (χ2n) is 4.18. The predicted octanol–water partition coefficient (Wildman–Crippen LogP) is 2.62. The molecule has 20 heavy (non-hydrogen) atoms. The molecule has 1 aromatic carbocycles. The molecule has 2 rings (SSSR count). The van der Waals surface area contributed by atoms with E-state index in [1.807, 2.05) is 6.92 Å². The maximum atomic E-state index is 13.2. The van der Waals surface area contributed by atoms with Crippen molar-refractivity contribution in [3.05, 3.63) is 40.0 Å². The van der Waals surface area contributed by atoms with Gasteiger partial charge in [-0.1, -0.05) is 18.5 Å². The maximum absolute atomic E-state index is 13.2. The van der Waals surface area contributed by atoms with E-state index in [0.717, 1.165) is 18.2 Å². The van der Waals surface area contributed by atoms with Crippen LogP contribution in [0.25, 0.3) is 11.5 Å². The van der Waals surface area contributed by atoms with Crippen LogP contribution in [-0.2, 0) is 0 Å². The van der Waals surface area contributed by atoms with Crippen LogP contribution in [0.1, 0.15) is 31.7 Å². The molecule has 0 fully saturated rings. The molecule has 106 valence electrons. The van der Waals surface area contributed by atoms with E-state index in [0.29, 0.717) is 12.8 Å². The maximum Gasteiger partial charge on any atom is 0.282 e. The minimum atomic E-state index is -0.912. The Hall–Kier alpha value is -2.35. The standard InChI is InChI=1S/C12H12FN3O4/c1-2-3-10(17)11-14-12(20-15-11)8-6-7(13)4-5-9(8)16(18)19/h4-6,10,17H,2-3H2,1H3. The van der Waals surface area contributed by atoms with E-state index in [4.69, 9.17) is 4.52 Å². The summed E-state index contributed by atoms with van der Waals surface area (Å²) in [5.74, 6) is -0.818. The van der Waals surface area contributed by atoms with Gasteiger partial charge in [0.1, 0.15) is 17.5 Å². The molecule has 0 aliphatic rings. The number of benzene rings is 1. The van der Waals surface area contributed by atoms with Crippen molar-refractivity contribution >= 4 is 5.69 Å². The molecule has 1 N–H and O–H groups in total. The van der Waals surface area contributed by atoms with Gasteiger partial charge in [-0.3, -0.25) is 10.1 Å². The Bertz CT molecular complexity index is 629. The van der Waals surface area contributed by atoms with Gasteiger partial charge in [-0.05, 0) is 18.6 Å². The molecule has 1 heterocycles. The van der Waals surface area contributed by atoms with Crippen molar-refractivity contribution in [3.8, 4) is 11.5 Å². The molecule has 1 aromatic heterocycles. The Morgan fingerprint density at radius 3 is 2.95 bits per heavy atom. The number of halogens is 1. The lowest BCUT2D eigenvalue weighted by atomic mass is 10.1. The fraction of sp³-hybridized carbons (Fsp3) is 0.333. The first-order chi connectivity index (χ1) is 9.52. The van der Waals surface area contributed by atoms with Gasteiger partial charge in [0.2, 0.25) is 5.82 Å². The quantitative estimate of drug-likeness (QED) is 0.667. The third kappa shape index (κ3) is 2.80. The summed E-state index contributed by atoms with van der Waals surface area (Å²) < 4.78 is 18.1. The van der Waals surface area contributed by atoms with Crippen LogP contribution in [-0.4, -0.2) is 20.2 Å². The molecule has 0 bridgehead atoms. The number of rotatable bonds is 5. The van der Waals surface area contributed by atoms with E-state index < -0.39 is 16.8 Å². The smallest absolute Gasteiger partial charge is 0.282 e. The number of nitrogens with zero attached hydrogens (tertiary/aromatic N) is 3. The predicted molar refractivity (Wildman–Crippen MR) is 66.2 cm³/mol. The fourth-order valence-electron chi connectivity index (χ4n) is 1.72. The topological polar surface area (TPSA) is 102 Å². The van der Waals surface area contributed by atoms with Gasteiger partial charge >= 0.3 is 0 Å². The summed E-state index contributed by atoms with van der Waals surface area (Å²) in [4.78, 5) is 14.1. The van der Waals surface area contributed by atoms with Crippen LogP contribution < -0.4 is 0 Å². The molecule has 8 heteroatoms. The Morgan fingerprint density at radius 2 is 2.30 bits per heavy atom. The van der Waals surface area contributed by atoms with Crippen LogP contribution in [0.5, 0.6) is 0 Å². The van der Waals surface area contributed by atoms with Crippen molar-refractivity contribution in [2.75, 3.05) is 0 Å². The minimum absolute atomic E-state index is 0.0282. The fourth-order valence-corrected chi connectivity index (χ4v) is 1.72. The number of nitro groups is 1. The molecule has 0 radical (unpaired) electrons. The molecule has 0 saturated heterocycles. The Balaban J connectivity index is 2.41. The molecule has 1 atom stereocenters. The molecule has 0 amide bonds. The molecule has 7 nitrogen and oxygen atoms in total. The first-order valence-electron chi connectivity index (χ1n) is 5.99. The summed E-state index contributed by atoms with van der Waals surface area (Å²) in [7, 11) is 0. The number of hydrogen-bond acceptors (Lipinski definition) is 6. The van der Waals surface area contributed by atoms with Gasteiger partial charge in [0.25, 0.3) is 11.6 Å². The van der Waals surface area contributed by atoms with Crippen molar-refractivity contribution in [1.29, 1.82) is 0 Å². The third-order valence-electron chi connectivity index (χ3n) is 2.69. The SMILES string of the molecule is CCCC(O)c1noc(-c2cc(F)ccc2[N+](=O)[O-])n1. The third-order valence-corrected chi connectivity index (χ3v) is 2.69. The summed E-state index contributed by atoms with van der Waals surface area (Å²) in [5.41, 5.74) is -0.455. The summed E-state index contributed by atoms with van der Waals surface area (Å²) >= 11 is 0. The number of nitro benzene ring substituents is 1. The van der Waals surface area contributed by atoms with E-state index >= 15 is 0 Å². The lowest BCUT2D eigenvalue weighted by molar-refractivity contribution is -0.384. The van der Waals surface area contributed by atoms with Crippen molar-refractivity contribution in [1.82, 2.24) is 10.1 Å². The van der Waals surface area contributed by atoms with Gasteiger partial charge in [-0.2, -0.15) is 4.98 Å². The molecular weight excluding hydrogens is 269 g/mol. The van der Waals surface area contributed by atoms with Crippen molar-refractivity contribution in [3.63, 3.8) is 0 Å². The van der Waals surface area contributed by atoms with Crippen LogP contribution in [0.2, 0.25) is 0 Å². The highest BCUT2D eigenvalue weighted by Gasteiger charge is 2.23. The van der Waals surface area contributed by atoms with Crippen LogP contribution in [0.3, 0.4) is 0 Å².